The first-order valence-electron chi connectivity index (χ1n) is 9.92. The fraction of sp³-hybridized carbons (Fsp3) is 0.208. The number of carbonyl (C=O) groups excluding carboxylic acids is 1. The van der Waals surface area contributed by atoms with E-state index < -0.39 is 10.0 Å². The third-order valence-electron chi connectivity index (χ3n) is 5.29. The monoisotopic (exact) mass is 490 g/mol. The van der Waals surface area contributed by atoms with Gasteiger partial charge in [0.1, 0.15) is 0 Å². The second-order valence-corrected chi connectivity index (χ2v) is 10.4. The molecule has 0 aromatic heterocycles. The van der Waals surface area contributed by atoms with Crippen LogP contribution in [0, 0.1) is 13.8 Å². The number of likely N-dealkylation sites (N-methyl/N-ethyl adjacent to an activating group) is 1. The maximum absolute atomic E-state index is 13.4. The average molecular weight is 491 g/mol. The molecule has 0 saturated heterocycles. The number of sulfonamides is 1. The number of anilines is 1. The summed E-state index contributed by atoms with van der Waals surface area (Å²) in [5.74, 6) is -0.347. The van der Waals surface area contributed by atoms with Gasteiger partial charge in [-0.2, -0.15) is 4.31 Å². The molecular formula is C24H24Cl2N2O3S. The number of carbonyl (C=O) groups is 1. The van der Waals surface area contributed by atoms with Crippen LogP contribution in [0.3, 0.4) is 0 Å². The minimum atomic E-state index is -3.96. The van der Waals surface area contributed by atoms with Crippen molar-refractivity contribution in [3.05, 3.63) is 93.5 Å². The standard InChI is InChI=1S/C24H24Cl2N2O3S/c1-17-4-11-22(14-18(17)2)27(3)24(29)16-28(15-19-5-7-20(25)8-6-19)32(30,31)23-12-9-21(26)10-13-23/h4-14H,15-16H2,1-3H3. The first-order valence-corrected chi connectivity index (χ1v) is 12.1. The molecule has 0 aliphatic heterocycles. The van der Waals surface area contributed by atoms with E-state index in [-0.39, 0.29) is 23.9 Å². The number of hydrogen-bond donors (Lipinski definition) is 0. The van der Waals surface area contributed by atoms with Crippen molar-refractivity contribution >= 4 is 44.8 Å². The van der Waals surface area contributed by atoms with Crippen LogP contribution in [0.25, 0.3) is 0 Å². The number of aryl methyl sites for hydroxylation is 2. The predicted molar refractivity (Wildman–Crippen MR) is 130 cm³/mol. The molecule has 0 aliphatic rings. The van der Waals surface area contributed by atoms with E-state index in [0.717, 1.165) is 11.1 Å². The van der Waals surface area contributed by atoms with Gasteiger partial charge in [-0.1, -0.05) is 41.4 Å². The van der Waals surface area contributed by atoms with E-state index in [1.165, 1.54) is 33.5 Å². The van der Waals surface area contributed by atoms with Crippen LogP contribution < -0.4 is 4.90 Å². The molecular weight excluding hydrogens is 467 g/mol. The van der Waals surface area contributed by atoms with Gasteiger partial charge in [-0.05, 0) is 79.1 Å². The third-order valence-corrected chi connectivity index (χ3v) is 7.60. The first-order chi connectivity index (χ1) is 15.1. The summed E-state index contributed by atoms with van der Waals surface area (Å²) in [4.78, 5) is 14.6. The highest BCUT2D eigenvalue weighted by Crippen LogP contribution is 2.23. The Hall–Kier alpha value is -2.38. The summed E-state index contributed by atoms with van der Waals surface area (Å²) in [5.41, 5.74) is 3.58. The summed E-state index contributed by atoms with van der Waals surface area (Å²) in [6.45, 7) is 3.66. The van der Waals surface area contributed by atoms with Crippen LogP contribution in [-0.4, -0.2) is 32.2 Å². The summed E-state index contributed by atoms with van der Waals surface area (Å²) in [7, 11) is -2.32. The van der Waals surface area contributed by atoms with Crippen molar-refractivity contribution in [2.75, 3.05) is 18.5 Å². The number of hydrogen-bond acceptors (Lipinski definition) is 3. The van der Waals surface area contributed by atoms with Crippen molar-refractivity contribution in [2.45, 2.75) is 25.3 Å². The van der Waals surface area contributed by atoms with Crippen LogP contribution >= 0.6 is 23.2 Å². The highest BCUT2D eigenvalue weighted by Gasteiger charge is 2.28. The lowest BCUT2D eigenvalue weighted by Gasteiger charge is -2.25. The van der Waals surface area contributed by atoms with Crippen LogP contribution in [0.5, 0.6) is 0 Å². The van der Waals surface area contributed by atoms with E-state index >= 15 is 0 Å². The van der Waals surface area contributed by atoms with Crippen molar-refractivity contribution in [3.63, 3.8) is 0 Å². The number of rotatable bonds is 7. The molecule has 0 unspecified atom stereocenters. The Kier molecular flexibility index (Phi) is 7.62. The molecule has 0 spiro atoms. The van der Waals surface area contributed by atoms with Crippen molar-refractivity contribution in [2.24, 2.45) is 0 Å². The fourth-order valence-electron chi connectivity index (χ4n) is 3.11. The SMILES string of the molecule is Cc1ccc(N(C)C(=O)CN(Cc2ccc(Cl)cc2)S(=O)(=O)c2ccc(Cl)cc2)cc1C. The molecule has 168 valence electrons. The topological polar surface area (TPSA) is 57.7 Å². The number of halogens is 2. The lowest BCUT2D eigenvalue weighted by atomic mass is 10.1. The molecule has 0 aliphatic carbocycles. The molecule has 0 saturated carbocycles. The van der Waals surface area contributed by atoms with Crippen molar-refractivity contribution in [1.29, 1.82) is 0 Å². The number of benzene rings is 3. The van der Waals surface area contributed by atoms with E-state index in [2.05, 4.69) is 0 Å². The second kappa shape index (κ2) is 10.0. The zero-order chi connectivity index (χ0) is 23.5. The number of nitrogens with zero attached hydrogens (tertiary/aromatic N) is 2. The van der Waals surface area contributed by atoms with E-state index in [4.69, 9.17) is 23.2 Å². The Labute approximate surface area is 199 Å². The highest BCUT2D eigenvalue weighted by molar-refractivity contribution is 7.89. The quantitative estimate of drug-likeness (QED) is 0.441. The molecule has 1 amide bonds. The minimum Gasteiger partial charge on any atom is -0.314 e. The van der Waals surface area contributed by atoms with Crippen LogP contribution in [0.1, 0.15) is 16.7 Å². The molecule has 0 atom stereocenters. The first kappa shape index (κ1) is 24.3. The summed E-state index contributed by atoms with van der Waals surface area (Å²) in [6.07, 6.45) is 0. The lowest BCUT2D eigenvalue weighted by Crippen LogP contribution is -2.41. The Bertz CT molecular complexity index is 1210. The summed E-state index contributed by atoms with van der Waals surface area (Å²) >= 11 is 11.9. The molecule has 3 aromatic rings. The van der Waals surface area contributed by atoms with Gasteiger partial charge in [-0.15, -0.1) is 0 Å². The van der Waals surface area contributed by atoms with Crippen LogP contribution in [-0.2, 0) is 21.4 Å². The van der Waals surface area contributed by atoms with Gasteiger partial charge < -0.3 is 4.90 Å². The Balaban J connectivity index is 1.92. The van der Waals surface area contributed by atoms with Crippen LogP contribution in [0.2, 0.25) is 10.0 Å². The van der Waals surface area contributed by atoms with Gasteiger partial charge in [-0.25, -0.2) is 8.42 Å². The Morgan fingerprint density at radius 3 is 1.97 bits per heavy atom. The lowest BCUT2D eigenvalue weighted by molar-refractivity contribution is -0.118. The molecule has 5 nitrogen and oxygen atoms in total. The Morgan fingerprint density at radius 1 is 0.844 bits per heavy atom. The predicted octanol–water partition coefficient (Wildman–Crippen LogP) is 5.46. The van der Waals surface area contributed by atoms with Crippen molar-refractivity contribution in [1.82, 2.24) is 4.31 Å². The number of amides is 1. The van der Waals surface area contributed by atoms with E-state index in [1.807, 2.05) is 32.0 Å². The van der Waals surface area contributed by atoms with Gasteiger partial charge in [0.25, 0.3) is 0 Å². The van der Waals surface area contributed by atoms with Gasteiger partial charge in [0.15, 0.2) is 0 Å². The second-order valence-electron chi connectivity index (χ2n) is 7.57. The largest absolute Gasteiger partial charge is 0.314 e. The normalized spacial score (nSPS) is 11.6. The van der Waals surface area contributed by atoms with Crippen molar-refractivity contribution < 1.29 is 13.2 Å². The molecule has 8 heteroatoms. The van der Waals surface area contributed by atoms with Gasteiger partial charge in [0.05, 0.1) is 11.4 Å². The van der Waals surface area contributed by atoms with E-state index in [0.29, 0.717) is 21.3 Å². The molecule has 32 heavy (non-hydrogen) atoms. The molecule has 0 bridgehead atoms. The summed E-state index contributed by atoms with van der Waals surface area (Å²) in [6, 6.07) is 18.4. The molecule has 3 aromatic carbocycles. The fourth-order valence-corrected chi connectivity index (χ4v) is 4.74. The smallest absolute Gasteiger partial charge is 0.243 e. The molecule has 3 rings (SSSR count). The summed E-state index contributed by atoms with van der Waals surface area (Å²) in [5, 5.41) is 0.977. The molecule has 0 N–H and O–H groups in total. The third kappa shape index (κ3) is 5.70. The summed E-state index contributed by atoms with van der Waals surface area (Å²) < 4.78 is 28.0. The molecule has 0 heterocycles. The molecule has 0 fully saturated rings. The van der Waals surface area contributed by atoms with Crippen LogP contribution in [0.15, 0.2) is 71.6 Å². The van der Waals surface area contributed by atoms with Crippen LogP contribution in [0.4, 0.5) is 5.69 Å². The van der Waals surface area contributed by atoms with Crippen molar-refractivity contribution in [3.8, 4) is 0 Å². The maximum Gasteiger partial charge on any atom is 0.243 e. The average Bonchev–Trinajstić information content (AvgIpc) is 2.76. The highest BCUT2D eigenvalue weighted by atomic mass is 35.5. The van der Waals surface area contributed by atoms with Gasteiger partial charge in [0.2, 0.25) is 15.9 Å². The maximum atomic E-state index is 13.4. The zero-order valence-corrected chi connectivity index (χ0v) is 20.4. The molecule has 0 radical (unpaired) electrons. The van der Waals surface area contributed by atoms with Gasteiger partial charge in [0, 0.05) is 29.3 Å². The van der Waals surface area contributed by atoms with E-state index in [9.17, 15) is 13.2 Å². The Morgan fingerprint density at radius 2 is 1.41 bits per heavy atom. The zero-order valence-electron chi connectivity index (χ0n) is 18.0. The van der Waals surface area contributed by atoms with Gasteiger partial charge in [-0.3, -0.25) is 4.79 Å². The minimum absolute atomic E-state index is 0.0225. The van der Waals surface area contributed by atoms with E-state index in [1.54, 1.807) is 31.3 Å². The van der Waals surface area contributed by atoms with Gasteiger partial charge >= 0.3 is 0 Å².